The summed E-state index contributed by atoms with van der Waals surface area (Å²) in [6, 6.07) is 4.53. The molecule has 1 aliphatic rings. The monoisotopic (exact) mass is 394 g/mol. The summed E-state index contributed by atoms with van der Waals surface area (Å²) in [5, 5.41) is 2.68. The van der Waals surface area contributed by atoms with E-state index in [0.717, 1.165) is 62.4 Å². The number of likely N-dealkylation sites (tertiary alicyclic amines) is 1. The van der Waals surface area contributed by atoms with E-state index in [2.05, 4.69) is 20.2 Å². The van der Waals surface area contributed by atoms with Crippen LogP contribution in [0.3, 0.4) is 0 Å². The molecule has 2 heterocycles. The molecule has 1 fully saturated rings. The Hall–Kier alpha value is -2.35. The molecule has 0 radical (unpaired) electrons. The number of alkyl halides is 3. The number of rotatable bonds is 6. The Balaban J connectivity index is 1.44. The number of aryl methyl sites for hydroxylation is 1. The Kier molecular flexibility index (Phi) is 6.39. The first-order valence-electron chi connectivity index (χ1n) is 9.49. The molecule has 1 aliphatic heterocycles. The summed E-state index contributed by atoms with van der Waals surface area (Å²) in [5.41, 5.74) is 1.80. The van der Waals surface area contributed by atoms with Crippen molar-refractivity contribution >= 4 is 11.6 Å². The first kappa shape index (κ1) is 20.4. The van der Waals surface area contributed by atoms with Crippen LogP contribution in [0, 0.1) is 12.8 Å². The van der Waals surface area contributed by atoms with Crippen molar-refractivity contribution in [3.8, 4) is 0 Å². The molecule has 1 atom stereocenters. The largest absolute Gasteiger partial charge is 0.416 e. The van der Waals surface area contributed by atoms with E-state index in [-0.39, 0.29) is 5.91 Å². The first-order valence-corrected chi connectivity index (χ1v) is 9.49. The van der Waals surface area contributed by atoms with Crippen molar-refractivity contribution in [2.75, 3.05) is 18.4 Å². The Morgan fingerprint density at radius 3 is 2.71 bits per heavy atom. The third-order valence-electron chi connectivity index (χ3n) is 5.19. The number of imidazole rings is 1. The van der Waals surface area contributed by atoms with Crippen molar-refractivity contribution in [1.82, 2.24) is 14.9 Å². The fraction of sp³-hybridized carbons (Fsp3) is 0.500. The molecule has 5 nitrogen and oxygen atoms in total. The molecule has 2 N–H and O–H groups in total. The number of hydrogen-bond donors (Lipinski definition) is 2. The number of nitrogens with zero attached hydrogens (tertiary/aromatic N) is 2. The first-order chi connectivity index (χ1) is 13.3. The lowest BCUT2D eigenvalue weighted by molar-refractivity contribution is -0.137. The summed E-state index contributed by atoms with van der Waals surface area (Å²) in [5.74, 6) is 0.270. The molecule has 0 saturated carbocycles. The van der Waals surface area contributed by atoms with Gasteiger partial charge in [-0.1, -0.05) is 0 Å². The van der Waals surface area contributed by atoms with Crippen LogP contribution in [0.2, 0.25) is 0 Å². The number of halogens is 3. The van der Waals surface area contributed by atoms with Gasteiger partial charge in [-0.2, -0.15) is 13.2 Å². The highest BCUT2D eigenvalue weighted by Crippen LogP contribution is 2.30. The quantitative estimate of drug-likeness (QED) is 0.765. The molecule has 0 aliphatic carbocycles. The Morgan fingerprint density at radius 1 is 1.32 bits per heavy atom. The number of nitrogens with one attached hydrogen (secondary N) is 2. The van der Waals surface area contributed by atoms with Gasteiger partial charge in [0.25, 0.3) is 0 Å². The smallest absolute Gasteiger partial charge is 0.348 e. The minimum atomic E-state index is -4.37. The molecular formula is C20H25F3N4O. The number of carbonyl (C=O) groups excluding carboxylic acids is 1. The lowest BCUT2D eigenvalue weighted by Crippen LogP contribution is -2.35. The van der Waals surface area contributed by atoms with Gasteiger partial charge in [0.05, 0.1) is 17.6 Å². The average Bonchev–Trinajstić information content (AvgIpc) is 3.05. The number of carbonyl (C=O) groups is 1. The third kappa shape index (κ3) is 5.58. The van der Waals surface area contributed by atoms with Crippen LogP contribution in [-0.2, 0) is 17.5 Å². The highest BCUT2D eigenvalue weighted by atomic mass is 19.4. The maximum absolute atomic E-state index is 12.6. The van der Waals surface area contributed by atoms with Crippen LogP contribution in [0.5, 0.6) is 0 Å². The Labute approximate surface area is 162 Å². The second kappa shape index (κ2) is 8.77. The van der Waals surface area contributed by atoms with E-state index in [1.807, 2.05) is 6.92 Å². The van der Waals surface area contributed by atoms with Gasteiger partial charge in [0.2, 0.25) is 5.91 Å². The summed E-state index contributed by atoms with van der Waals surface area (Å²) in [7, 11) is 0. The van der Waals surface area contributed by atoms with Crippen LogP contribution in [0.4, 0.5) is 18.9 Å². The van der Waals surface area contributed by atoms with Gasteiger partial charge < -0.3 is 10.3 Å². The van der Waals surface area contributed by atoms with Crippen molar-refractivity contribution in [3.05, 3.63) is 47.5 Å². The van der Waals surface area contributed by atoms with E-state index in [0.29, 0.717) is 18.0 Å². The molecule has 8 heteroatoms. The van der Waals surface area contributed by atoms with Crippen LogP contribution in [0.15, 0.2) is 30.6 Å². The van der Waals surface area contributed by atoms with Crippen molar-refractivity contribution < 1.29 is 18.0 Å². The Morgan fingerprint density at radius 2 is 2.07 bits per heavy atom. The predicted octanol–water partition coefficient (Wildman–Crippen LogP) is 4.37. The molecule has 3 rings (SSSR count). The van der Waals surface area contributed by atoms with Crippen LogP contribution in [0.1, 0.15) is 42.6 Å². The molecule has 0 spiro atoms. The molecule has 1 aromatic heterocycles. The van der Waals surface area contributed by atoms with Crippen LogP contribution in [0.25, 0.3) is 0 Å². The van der Waals surface area contributed by atoms with Gasteiger partial charge >= 0.3 is 6.18 Å². The maximum Gasteiger partial charge on any atom is 0.416 e. The molecule has 1 amide bonds. The van der Waals surface area contributed by atoms with Gasteiger partial charge in [0, 0.05) is 30.9 Å². The van der Waals surface area contributed by atoms with Crippen molar-refractivity contribution in [1.29, 1.82) is 0 Å². The zero-order chi connectivity index (χ0) is 20.1. The SMILES string of the molecule is Cc1[nH]cnc1CN1CCCC(CCC(=O)Nc2ccc(C(F)(F)F)cc2)C1. The maximum atomic E-state index is 12.6. The molecule has 2 aromatic rings. The highest BCUT2D eigenvalue weighted by molar-refractivity contribution is 5.90. The molecule has 0 bridgehead atoms. The molecule has 152 valence electrons. The summed E-state index contributed by atoms with van der Waals surface area (Å²) < 4.78 is 37.8. The number of anilines is 1. The van der Waals surface area contributed by atoms with Crippen molar-refractivity contribution in [3.63, 3.8) is 0 Å². The number of benzene rings is 1. The number of amides is 1. The van der Waals surface area contributed by atoms with E-state index >= 15 is 0 Å². The summed E-state index contributed by atoms with van der Waals surface area (Å²) in [6.45, 7) is 4.78. The van der Waals surface area contributed by atoms with Gasteiger partial charge in [0.15, 0.2) is 0 Å². The van der Waals surface area contributed by atoms with Gasteiger partial charge in [-0.15, -0.1) is 0 Å². The van der Waals surface area contributed by atoms with E-state index in [1.165, 1.54) is 12.1 Å². The zero-order valence-corrected chi connectivity index (χ0v) is 15.9. The minimum Gasteiger partial charge on any atom is -0.348 e. The lowest BCUT2D eigenvalue weighted by Gasteiger charge is -2.32. The average molecular weight is 394 g/mol. The van der Waals surface area contributed by atoms with Crippen molar-refractivity contribution in [2.45, 2.75) is 45.3 Å². The standard InChI is InChI=1S/C20H25F3N4O/c1-14-18(25-13-24-14)12-27-10-2-3-15(11-27)4-9-19(28)26-17-7-5-16(6-8-17)20(21,22)23/h5-8,13,15H,2-4,9-12H2,1H3,(H,24,25)(H,26,28). The molecular weight excluding hydrogens is 369 g/mol. The van der Waals surface area contributed by atoms with E-state index < -0.39 is 11.7 Å². The molecule has 1 saturated heterocycles. The molecule has 28 heavy (non-hydrogen) atoms. The Bertz CT molecular complexity index is 785. The molecule has 1 aromatic carbocycles. The van der Waals surface area contributed by atoms with Crippen molar-refractivity contribution in [2.24, 2.45) is 5.92 Å². The normalized spacial score (nSPS) is 18.2. The van der Waals surface area contributed by atoms with Gasteiger partial charge in [-0.3, -0.25) is 9.69 Å². The minimum absolute atomic E-state index is 0.167. The van der Waals surface area contributed by atoms with Gasteiger partial charge in [0.1, 0.15) is 0 Å². The topological polar surface area (TPSA) is 61.0 Å². The third-order valence-corrected chi connectivity index (χ3v) is 5.19. The van der Waals surface area contributed by atoms with E-state index in [1.54, 1.807) is 6.33 Å². The summed E-state index contributed by atoms with van der Waals surface area (Å²) in [4.78, 5) is 22.0. The number of aromatic amines is 1. The number of aromatic nitrogens is 2. The second-order valence-electron chi connectivity index (χ2n) is 7.38. The fourth-order valence-corrected chi connectivity index (χ4v) is 3.59. The second-order valence-corrected chi connectivity index (χ2v) is 7.38. The van der Waals surface area contributed by atoms with Crippen LogP contribution in [-0.4, -0.2) is 33.9 Å². The van der Waals surface area contributed by atoms with E-state index in [4.69, 9.17) is 0 Å². The fourth-order valence-electron chi connectivity index (χ4n) is 3.59. The highest BCUT2D eigenvalue weighted by Gasteiger charge is 2.30. The predicted molar refractivity (Wildman–Crippen MR) is 101 cm³/mol. The van der Waals surface area contributed by atoms with Gasteiger partial charge in [-0.25, -0.2) is 4.98 Å². The number of piperidine rings is 1. The number of H-pyrrole nitrogens is 1. The molecule has 1 unspecified atom stereocenters. The summed E-state index contributed by atoms with van der Waals surface area (Å²) >= 11 is 0. The van der Waals surface area contributed by atoms with Crippen LogP contribution >= 0.6 is 0 Å². The van der Waals surface area contributed by atoms with Crippen LogP contribution < -0.4 is 5.32 Å². The summed E-state index contributed by atoms with van der Waals surface area (Å²) in [6.07, 6.45) is 0.642. The van der Waals surface area contributed by atoms with E-state index in [9.17, 15) is 18.0 Å². The lowest BCUT2D eigenvalue weighted by atomic mass is 9.93. The van der Waals surface area contributed by atoms with Gasteiger partial charge in [-0.05, 0) is 62.9 Å². The number of hydrogen-bond acceptors (Lipinski definition) is 3. The zero-order valence-electron chi connectivity index (χ0n) is 15.9.